The van der Waals surface area contributed by atoms with Gasteiger partial charge in [0.1, 0.15) is 0 Å². The van der Waals surface area contributed by atoms with Gasteiger partial charge in [-0.25, -0.2) is 0 Å². The van der Waals surface area contributed by atoms with Crippen molar-refractivity contribution in [2.45, 2.75) is 25.7 Å². The normalized spacial score (nSPS) is 26.1. The standard InChI is InChI=1S/C10H17N3O2/c1-3-9-8(5-13(2)12-9)10-14-6-7(4-11)15-10/h5,7,10H,3-4,6,11H2,1-2H3. The zero-order valence-electron chi connectivity index (χ0n) is 9.14. The molecule has 2 N–H and O–H groups in total. The average Bonchev–Trinajstić information content (AvgIpc) is 2.82. The van der Waals surface area contributed by atoms with Crippen LogP contribution in [0.25, 0.3) is 0 Å². The first-order chi connectivity index (χ1) is 7.24. The van der Waals surface area contributed by atoms with E-state index in [1.165, 1.54) is 0 Å². The van der Waals surface area contributed by atoms with Crippen LogP contribution in [0.3, 0.4) is 0 Å². The lowest BCUT2D eigenvalue weighted by atomic mass is 10.2. The van der Waals surface area contributed by atoms with E-state index in [4.69, 9.17) is 15.2 Å². The summed E-state index contributed by atoms with van der Waals surface area (Å²) < 4.78 is 13.0. The van der Waals surface area contributed by atoms with Crippen LogP contribution >= 0.6 is 0 Å². The van der Waals surface area contributed by atoms with Crippen molar-refractivity contribution in [3.05, 3.63) is 17.5 Å². The van der Waals surface area contributed by atoms with Crippen molar-refractivity contribution in [2.75, 3.05) is 13.2 Å². The molecule has 1 fully saturated rings. The predicted molar refractivity (Wildman–Crippen MR) is 55.2 cm³/mol. The highest BCUT2D eigenvalue weighted by atomic mass is 16.7. The summed E-state index contributed by atoms with van der Waals surface area (Å²) in [7, 11) is 1.90. The molecule has 2 atom stereocenters. The summed E-state index contributed by atoms with van der Waals surface area (Å²) in [5.41, 5.74) is 7.58. The molecule has 84 valence electrons. The molecule has 2 heterocycles. The van der Waals surface area contributed by atoms with E-state index >= 15 is 0 Å². The Balaban J connectivity index is 2.15. The summed E-state index contributed by atoms with van der Waals surface area (Å²) in [4.78, 5) is 0. The third-order valence-electron chi connectivity index (χ3n) is 2.54. The van der Waals surface area contributed by atoms with Crippen LogP contribution in [0.4, 0.5) is 0 Å². The second-order valence-corrected chi connectivity index (χ2v) is 3.72. The summed E-state index contributed by atoms with van der Waals surface area (Å²) in [6.07, 6.45) is 2.55. The molecule has 2 unspecified atom stereocenters. The molecular weight excluding hydrogens is 194 g/mol. The van der Waals surface area contributed by atoms with Gasteiger partial charge in [-0.1, -0.05) is 6.92 Å². The fraction of sp³-hybridized carbons (Fsp3) is 0.700. The fourth-order valence-corrected chi connectivity index (χ4v) is 1.76. The Hall–Kier alpha value is -0.910. The molecule has 2 rings (SSSR count). The van der Waals surface area contributed by atoms with Gasteiger partial charge in [0.05, 0.1) is 18.4 Å². The van der Waals surface area contributed by atoms with Gasteiger partial charge in [0, 0.05) is 25.4 Å². The van der Waals surface area contributed by atoms with Crippen LogP contribution in [-0.2, 0) is 22.9 Å². The number of hydrogen-bond acceptors (Lipinski definition) is 4. The molecule has 1 aromatic rings. The van der Waals surface area contributed by atoms with E-state index < -0.39 is 0 Å². The molecule has 0 saturated carbocycles. The van der Waals surface area contributed by atoms with Gasteiger partial charge in [-0.15, -0.1) is 0 Å². The van der Waals surface area contributed by atoms with Crippen molar-refractivity contribution in [3.63, 3.8) is 0 Å². The van der Waals surface area contributed by atoms with E-state index in [0.29, 0.717) is 13.2 Å². The number of rotatable bonds is 3. The molecule has 1 aliphatic rings. The van der Waals surface area contributed by atoms with Crippen LogP contribution in [0.15, 0.2) is 6.20 Å². The van der Waals surface area contributed by atoms with E-state index in [9.17, 15) is 0 Å². The smallest absolute Gasteiger partial charge is 0.187 e. The molecular formula is C10H17N3O2. The third kappa shape index (κ3) is 2.04. The SMILES string of the molecule is CCc1nn(C)cc1C1OCC(CN)O1. The van der Waals surface area contributed by atoms with Crippen molar-refractivity contribution < 1.29 is 9.47 Å². The number of nitrogens with two attached hydrogens (primary N) is 1. The molecule has 0 bridgehead atoms. The Morgan fingerprint density at radius 1 is 1.67 bits per heavy atom. The lowest BCUT2D eigenvalue weighted by Gasteiger charge is -2.09. The van der Waals surface area contributed by atoms with Crippen LogP contribution in [-0.4, -0.2) is 29.0 Å². The first-order valence-electron chi connectivity index (χ1n) is 5.24. The molecule has 5 heteroatoms. The molecule has 0 aromatic carbocycles. The Labute approximate surface area is 89.2 Å². The second kappa shape index (κ2) is 4.30. The van der Waals surface area contributed by atoms with Crippen molar-refractivity contribution >= 4 is 0 Å². The first-order valence-corrected chi connectivity index (χ1v) is 5.24. The van der Waals surface area contributed by atoms with Crippen LogP contribution < -0.4 is 5.73 Å². The quantitative estimate of drug-likeness (QED) is 0.784. The Morgan fingerprint density at radius 2 is 2.47 bits per heavy atom. The molecule has 15 heavy (non-hydrogen) atoms. The number of nitrogens with zero attached hydrogens (tertiary/aromatic N) is 2. The van der Waals surface area contributed by atoms with Crippen LogP contribution in [0.2, 0.25) is 0 Å². The third-order valence-corrected chi connectivity index (χ3v) is 2.54. The van der Waals surface area contributed by atoms with Crippen molar-refractivity contribution in [1.82, 2.24) is 9.78 Å². The maximum absolute atomic E-state index is 5.65. The molecule has 5 nitrogen and oxygen atoms in total. The molecule has 0 aliphatic carbocycles. The number of aryl methyl sites for hydroxylation is 2. The zero-order valence-corrected chi connectivity index (χ0v) is 9.14. The van der Waals surface area contributed by atoms with Crippen molar-refractivity contribution in [3.8, 4) is 0 Å². The molecule has 1 aliphatic heterocycles. The van der Waals surface area contributed by atoms with Crippen LogP contribution in [0.5, 0.6) is 0 Å². The van der Waals surface area contributed by atoms with Crippen molar-refractivity contribution in [2.24, 2.45) is 12.8 Å². The van der Waals surface area contributed by atoms with Crippen LogP contribution in [0.1, 0.15) is 24.5 Å². The lowest BCUT2D eigenvalue weighted by molar-refractivity contribution is -0.0591. The maximum Gasteiger partial charge on any atom is 0.187 e. The molecule has 0 radical (unpaired) electrons. The summed E-state index contributed by atoms with van der Waals surface area (Å²) in [6.45, 7) is 3.14. The average molecular weight is 211 g/mol. The summed E-state index contributed by atoms with van der Waals surface area (Å²) in [6, 6.07) is 0. The first kappa shape index (κ1) is 10.6. The Bertz CT molecular complexity index is 337. The Morgan fingerprint density at radius 3 is 3.07 bits per heavy atom. The topological polar surface area (TPSA) is 62.3 Å². The highest BCUT2D eigenvalue weighted by molar-refractivity contribution is 5.19. The summed E-state index contributed by atoms with van der Waals surface area (Å²) in [5.74, 6) is 0. The lowest BCUT2D eigenvalue weighted by Crippen LogP contribution is -2.21. The Kier molecular flexibility index (Phi) is 3.04. The van der Waals surface area contributed by atoms with E-state index in [-0.39, 0.29) is 12.4 Å². The van der Waals surface area contributed by atoms with Gasteiger partial charge in [0.25, 0.3) is 0 Å². The van der Waals surface area contributed by atoms with Gasteiger partial charge in [-0.2, -0.15) is 5.10 Å². The van der Waals surface area contributed by atoms with Crippen molar-refractivity contribution in [1.29, 1.82) is 0 Å². The predicted octanol–water partition coefficient (Wildman–Crippen LogP) is 0.355. The monoisotopic (exact) mass is 211 g/mol. The van der Waals surface area contributed by atoms with E-state index in [0.717, 1.165) is 17.7 Å². The zero-order chi connectivity index (χ0) is 10.8. The summed E-state index contributed by atoms with van der Waals surface area (Å²) >= 11 is 0. The van der Waals surface area contributed by atoms with Gasteiger partial charge in [-0.05, 0) is 6.42 Å². The minimum absolute atomic E-state index is 0.0138. The van der Waals surface area contributed by atoms with Gasteiger partial charge >= 0.3 is 0 Å². The van der Waals surface area contributed by atoms with Gasteiger partial charge in [0.15, 0.2) is 6.29 Å². The largest absolute Gasteiger partial charge is 0.345 e. The molecule has 1 saturated heterocycles. The minimum atomic E-state index is -0.290. The maximum atomic E-state index is 5.65. The second-order valence-electron chi connectivity index (χ2n) is 3.72. The molecule has 1 aromatic heterocycles. The minimum Gasteiger partial charge on any atom is -0.345 e. The molecule has 0 spiro atoms. The molecule has 0 amide bonds. The fourth-order valence-electron chi connectivity index (χ4n) is 1.76. The van der Waals surface area contributed by atoms with Gasteiger partial charge in [-0.3, -0.25) is 4.68 Å². The van der Waals surface area contributed by atoms with E-state index in [2.05, 4.69) is 12.0 Å². The number of ether oxygens (including phenoxy) is 2. The van der Waals surface area contributed by atoms with E-state index in [1.54, 1.807) is 4.68 Å². The van der Waals surface area contributed by atoms with Gasteiger partial charge in [0.2, 0.25) is 0 Å². The highest BCUT2D eigenvalue weighted by Gasteiger charge is 2.29. The number of hydrogen-bond donors (Lipinski definition) is 1. The van der Waals surface area contributed by atoms with E-state index in [1.807, 2.05) is 13.2 Å². The summed E-state index contributed by atoms with van der Waals surface area (Å²) in [5, 5.41) is 4.35. The highest BCUT2D eigenvalue weighted by Crippen LogP contribution is 2.28. The van der Waals surface area contributed by atoms with Crippen LogP contribution in [0, 0.1) is 0 Å². The number of aromatic nitrogens is 2. The van der Waals surface area contributed by atoms with Gasteiger partial charge < -0.3 is 15.2 Å².